The van der Waals surface area contributed by atoms with E-state index in [2.05, 4.69) is 21.3 Å². The van der Waals surface area contributed by atoms with Crippen LogP contribution in [-0.4, -0.2) is 83.0 Å². The Labute approximate surface area is 355 Å². The van der Waals surface area contributed by atoms with Crippen molar-refractivity contribution in [3.63, 3.8) is 0 Å². The molecule has 0 aliphatic carbocycles. The molecule has 4 N–H and O–H groups in total. The van der Waals surface area contributed by atoms with Gasteiger partial charge in [0.1, 0.15) is 52.9 Å². The van der Waals surface area contributed by atoms with Gasteiger partial charge in [0.15, 0.2) is 0 Å². The van der Waals surface area contributed by atoms with Crippen LogP contribution in [-0.2, 0) is 51.2 Å². The lowest BCUT2D eigenvalue weighted by atomic mass is 10.0. The Bertz CT molecular complexity index is 1700. The van der Waals surface area contributed by atoms with Crippen molar-refractivity contribution in [2.45, 2.75) is 169 Å². The summed E-state index contributed by atoms with van der Waals surface area (Å²) in [6, 6.07) is 12.3. The van der Waals surface area contributed by atoms with Gasteiger partial charge in [-0.15, -0.1) is 0 Å². The van der Waals surface area contributed by atoms with Crippen LogP contribution in [0.1, 0.15) is 126 Å². The molecule has 0 spiro atoms. The summed E-state index contributed by atoms with van der Waals surface area (Å²) in [4.78, 5) is 78.5. The maximum atomic E-state index is 13.5. The number of carbonyl (C=O) groups excluding carboxylic acids is 6. The molecule has 0 saturated carbocycles. The third-order valence-corrected chi connectivity index (χ3v) is 7.88. The van der Waals surface area contributed by atoms with Gasteiger partial charge in [-0.05, 0) is 132 Å². The van der Waals surface area contributed by atoms with Crippen LogP contribution in [0.3, 0.4) is 0 Å². The molecule has 0 unspecified atom stereocenters. The number of benzene rings is 2. The Balaban J connectivity index is 2.11. The van der Waals surface area contributed by atoms with Gasteiger partial charge in [-0.25, -0.2) is 19.2 Å². The van der Waals surface area contributed by atoms with Crippen molar-refractivity contribution in [2.75, 3.05) is 6.54 Å². The van der Waals surface area contributed by atoms with E-state index in [0.29, 0.717) is 18.6 Å². The molecule has 0 heterocycles. The molecule has 0 bridgehead atoms. The first-order valence-corrected chi connectivity index (χ1v) is 20.5. The highest BCUT2D eigenvalue weighted by Crippen LogP contribution is 2.20. The molecule has 0 aromatic heterocycles. The van der Waals surface area contributed by atoms with Crippen molar-refractivity contribution >= 4 is 35.9 Å². The van der Waals surface area contributed by atoms with Crippen molar-refractivity contribution in [2.24, 2.45) is 0 Å². The molecule has 3 atom stereocenters. The van der Waals surface area contributed by atoms with E-state index in [1.165, 1.54) is 0 Å². The molecule has 0 saturated heterocycles. The van der Waals surface area contributed by atoms with E-state index in [1.807, 2.05) is 63.2 Å². The smallest absolute Gasteiger partial charge is 0.408 e. The number of unbranched alkanes of at least 4 members (excludes halogenated alkanes) is 1. The number of urea groups is 1. The minimum Gasteiger partial charge on any atom is -0.488 e. The lowest BCUT2D eigenvalue weighted by Crippen LogP contribution is -2.53. The van der Waals surface area contributed by atoms with E-state index in [4.69, 9.17) is 23.7 Å². The molecule has 0 aliphatic heterocycles. The summed E-state index contributed by atoms with van der Waals surface area (Å²) in [7, 11) is 0. The molecule has 15 nitrogen and oxygen atoms in total. The summed E-state index contributed by atoms with van der Waals surface area (Å²) < 4.78 is 27.7. The molecule has 60 heavy (non-hydrogen) atoms. The number of rotatable bonds is 19. The van der Waals surface area contributed by atoms with Crippen LogP contribution in [0.2, 0.25) is 0 Å². The number of alkyl carbamates (subject to hydrolysis) is 1. The monoisotopic (exact) mass is 840 g/mol. The molecule has 15 heteroatoms. The molecule has 2 aromatic rings. The molecule has 2 rings (SSSR count). The number of hydrogen-bond acceptors (Lipinski definition) is 11. The zero-order valence-electron chi connectivity index (χ0n) is 37.6. The molecule has 0 radical (unpaired) electrons. The molecule has 2 aromatic carbocycles. The summed E-state index contributed by atoms with van der Waals surface area (Å²) >= 11 is 0. The van der Waals surface area contributed by atoms with E-state index < -0.39 is 76.5 Å². The number of nitrogens with one attached hydrogen (secondary N) is 4. The second-order valence-corrected chi connectivity index (χ2v) is 18.5. The van der Waals surface area contributed by atoms with Crippen molar-refractivity contribution < 1.29 is 52.5 Å². The van der Waals surface area contributed by atoms with Gasteiger partial charge in [0.05, 0.1) is 0 Å². The number of amides is 4. The predicted octanol–water partition coefficient (Wildman–Crippen LogP) is 6.83. The lowest BCUT2D eigenvalue weighted by Gasteiger charge is -2.27. The van der Waals surface area contributed by atoms with Crippen LogP contribution in [0.5, 0.6) is 5.75 Å². The fraction of sp³-hybridized carbons (Fsp3) is 0.600. The van der Waals surface area contributed by atoms with E-state index >= 15 is 0 Å². The summed E-state index contributed by atoms with van der Waals surface area (Å²) in [6.45, 7) is 21.3. The Morgan fingerprint density at radius 2 is 1.10 bits per heavy atom. The van der Waals surface area contributed by atoms with Crippen molar-refractivity contribution in [1.29, 1.82) is 0 Å². The lowest BCUT2D eigenvalue weighted by molar-refractivity contribution is -0.159. The Hall–Kier alpha value is -5.34. The van der Waals surface area contributed by atoms with E-state index in [-0.39, 0.29) is 38.8 Å². The highest BCUT2D eigenvalue weighted by Gasteiger charge is 2.31. The Morgan fingerprint density at radius 3 is 1.62 bits per heavy atom. The molecule has 334 valence electrons. The van der Waals surface area contributed by atoms with Gasteiger partial charge >= 0.3 is 30.0 Å². The first kappa shape index (κ1) is 50.8. The van der Waals surface area contributed by atoms with Gasteiger partial charge in [-0.3, -0.25) is 9.59 Å². The fourth-order valence-corrected chi connectivity index (χ4v) is 5.46. The molecular formula is C45H68N4O11. The van der Waals surface area contributed by atoms with Gasteiger partial charge in [-0.1, -0.05) is 42.5 Å². The summed E-state index contributed by atoms with van der Waals surface area (Å²) in [5.41, 5.74) is -1.29. The minimum absolute atomic E-state index is 0.0263. The normalized spacial score (nSPS) is 13.4. The summed E-state index contributed by atoms with van der Waals surface area (Å²) in [5.74, 6) is -1.78. The van der Waals surface area contributed by atoms with Crippen molar-refractivity contribution in [3.8, 4) is 5.75 Å². The fourth-order valence-electron chi connectivity index (χ4n) is 5.46. The standard InChI is InChI=1S/C45H68N4O11/c1-42(2,3)57-32-23-21-30(22-24-32)28-35(49-41(55)56-29-31-18-14-13-15-19-31)37(51)46-27-17-16-20-33(38(52)59-44(7,8)9)47-40(54)48-34(39(53)60-45(10,11)12)25-26-36(50)58-43(4,5)6/h13-15,18-19,21-24,33-35H,16-17,20,25-29H2,1-12H3,(H,46,51)(H,49,55)(H2,47,48,54)/t33-,34-,35-/m0/s1. The molecule has 4 amide bonds. The van der Waals surface area contributed by atoms with Gasteiger partial charge < -0.3 is 45.0 Å². The van der Waals surface area contributed by atoms with Gasteiger partial charge in [0.25, 0.3) is 0 Å². The van der Waals surface area contributed by atoms with Crippen LogP contribution in [0.25, 0.3) is 0 Å². The van der Waals surface area contributed by atoms with Crippen LogP contribution >= 0.6 is 0 Å². The average Bonchev–Trinajstić information content (AvgIpc) is 3.09. The largest absolute Gasteiger partial charge is 0.488 e. The number of ether oxygens (including phenoxy) is 5. The Kier molecular flexibility index (Phi) is 19.4. The zero-order valence-corrected chi connectivity index (χ0v) is 37.6. The van der Waals surface area contributed by atoms with Crippen LogP contribution < -0.4 is 26.0 Å². The van der Waals surface area contributed by atoms with E-state index in [0.717, 1.165) is 11.1 Å². The van der Waals surface area contributed by atoms with E-state index in [1.54, 1.807) is 74.4 Å². The molecule has 0 fully saturated rings. The quantitative estimate of drug-likeness (QED) is 0.0658. The van der Waals surface area contributed by atoms with Crippen molar-refractivity contribution in [3.05, 3.63) is 65.7 Å². The number of hydrogen-bond donors (Lipinski definition) is 4. The van der Waals surface area contributed by atoms with Crippen LogP contribution in [0.15, 0.2) is 54.6 Å². The third kappa shape index (κ3) is 22.7. The first-order chi connectivity index (χ1) is 27.7. The second kappa shape index (κ2) is 22.9. The van der Waals surface area contributed by atoms with E-state index in [9.17, 15) is 28.8 Å². The van der Waals surface area contributed by atoms with Crippen molar-refractivity contribution in [1.82, 2.24) is 21.3 Å². The Morgan fingerprint density at radius 1 is 0.567 bits per heavy atom. The average molecular weight is 841 g/mol. The van der Waals surface area contributed by atoms with Gasteiger partial charge in [-0.2, -0.15) is 0 Å². The zero-order chi connectivity index (χ0) is 45.3. The maximum Gasteiger partial charge on any atom is 0.408 e. The minimum atomic E-state index is -1.22. The second-order valence-electron chi connectivity index (χ2n) is 18.5. The van der Waals surface area contributed by atoms with Crippen LogP contribution in [0, 0.1) is 0 Å². The first-order valence-electron chi connectivity index (χ1n) is 20.5. The predicted molar refractivity (Wildman–Crippen MR) is 227 cm³/mol. The third-order valence-electron chi connectivity index (χ3n) is 7.88. The highest BCUT2D eigenvalue weighted by molar-refractivity contribution is 5.88. The van der Waals surface area contributed by atoms with Gasteiger partial charge in [0.2, 0.25) is 5.91 Å². The maximum absolute atomic E-state index is 13.5. The molecular weight excluding hydrogens is 773 g/mol. The number of esters is 3. The van der Waals surface area contributed by atoms with Gasteiger partial charge in [0, 0.05) is 19.4 Å². The number of carbonyl (C=O) groups is 6. The topological polar surface area (TPSA) is 197 Å². The summed E-state index contributed by atoms with van der Waals surface area (Å²) in [6.07, 6.45) is 0.0287. The van der Waals surface area contributed by atoms with Crippen LogP contribution in [0.4, 0.5) is 9.59 Å². The highest BCUT2D eigenvalue weighted by atomic mass is 16.6. The summed E-state index contributed by atoms with van der Waals surface area (Å²) in [5, 5.41) is 10.7. The SMILES string of the molecule is CC(C)(C)OC(=O)CC[C@H](NC(=O)N[C@@H](CCCCNC(=O)[C@H](Cc1ccc(OC(C)(C)C)cc1)NC(=O)OCc1ccccc1)C(=O)OC(C)(C)C)C(=O)OC(C)(C)C. The molecule has 0 aliphatic rings.